The number of nitrogens with zero attached hydrogens (tertiary/aromatic N) is 6. The third kappa shape index (κ3) is 4.90. The second kappa shape index (κ2) is 9.48. The fraction of sp³-hybridized carbons (Fsp3) is 0.389. The number of carbonyl (C=O) groups is 1. The lowest BCUT2D eigenvalue weighted by molar-refractivity contribution is 0.102. The molecule has 1 aliphatic heterocycles. The summed E-state index contributed by atoms with van der Waals surface area (Å²) in [6.07, 6.45) is 7.16. The first-order chi connectivity index (χ1) is 13.7. The predicted octanol–water partition coefficient (Wildman–Crippen LogP) is 1.54. The zero-order valence-electron chi connectivity index (χ0n) is 16.0. The van der Waals surface area contributed by atoms with Gasteiger partial charge in [0, 0.05) is 6.54 Å². The first-order valence-electron chi connectivity index (χ1n) is 9.18. The van der Waals surface area contributed by atoms with Gasteiger partial charge in [-0.25, -0.2) is 0 Å². The monoisotopic (exact) mass is 418 g/mol. The molecule has 1 unspecified atom stereocenters. The maximum Gasteiger partial charge on any atom is 0.277 e. The molecule has 154 valence electrons. The van der Waals surface area contributed by atoms with E-state index in [4.69, 9.17) is 4.74 Å². The van der Waals surface area contributed by atoms with Crippen LogP contribution in [0.2, 0.25) is 0 Å². The van der Waals surface area contributed by atoms with E-state index in [0.717, 1.165) is 38.2 Å². The van der Waals surface area contributed by atoms with Crippen LogP contribution in [0.4, 0.5) is 5.69 Å². The topological polar surface area (TPSA) is 112 Å². The predicted molar refractivity (Wildman–Crippen MR) is 109 cm³/mol. The van der Waals surface area contributed by atoms with E-state index in [2.05, 4.69) is 31.1 Å². The minimum Gasteiger partial charge on any atom is -0.495 e. The number of piperidine rings is 1. The third-order valence-corrected chi connectivity index (χ3v) is 4.76. The summed E-state index contributed by atoms with van der Waals surface area (Å²) >= 11 is 0. The van der Waals surface area contributed by atoms with Crippen LogP contribution in [0, 0.1) is 5.92 Å². The number of amides is 1. The van der Waals surface area contributed by atoms with E-state index >= 15 is 0 Å². The quantitative estimate of drug-likeness (QED) is 0.624. The van der Waals surface area contributed by atoms with Gasteiger partial charge < -0.3 is 15.4 Å². The van der Waals surface area contributed by atoms with Crippen molar-refractivity contribution in [2.75, 3.05) is 25.5 Å². The number of methoxy groups -OCH3 is 1. The van der Waals surface area contributed by atoms with Crippen molar-refractivity contribution in [1.82, 2.24) is 35.1 Å². The summed E-state index contributed by atoms with van der Waals surface area (Å²) in [5.41, 5.74) is 1.60. The van der Waals surface area contributed by atoms with Gasteiger partial charge in [0.15, 0.2) is 5.69 Å². The molecule has 0 aliphatic carbocycles. The van der Waals surface area contributed by atoms with Crippen molar-refractivity contribution in [1.29, 1.82) is 0 Å². The molecule has 3 aromatic rings. The smallest absolute Gasteiger partial charge is 0.277 e. The Morgan fingerprint density at radius 1 is 1.34 bits per heavy atom. The number of halogens is 1. The highest BCUT2D eigenvalue weighted by molar-refractivity contribution is 6.03. The fourth-order valence-electron chi connectivity index (χ4n) is 3.31. The number of carbonyl (C=O) groups excluding carboxylic acids is 1. The van der Waals surface area contributed by atoms with E-state index in [-0.39, 0.29) is 24.0 Å². The van der Waals surface area contributed by atoms with E-state index < -0.39 is 0 Å². The molecule has 1 aliphatic rings. The number of nitrogens with one attached hydrogen (secondary N) is 2. The highest BCUT2D eigenvalue weighted by Gasteiger charge is 2.17. The van der Waals surface area contributed by atoms with Crippen molar-refractivity contribution in [3.63, 3.8) is 0 Å². The average Bonchev–Trinajstić information content (AvgIpc) is 3.41. The van der Waals surface area contributed by atoms with Crippen LogP contribution in [0.5, 0.6) is 5.75 Å². The number of hydrogen-bond donors (Lipinski definition) is 2. The molecule has 29 heavy (non-hydrogen) atoms. The molecule has 10 nitrogen and oxygen atoms in total. The van der Waals surface area contributed by atoms with Gasteiger partial charge in [-0.1, -0.05) is 5.21 Å². The number of ether oxygens (including phenoxy) is 1. The zero-order chi connectivity index (χ0) is 19.3. The van der Waals surface area contributed by atoms with Crippen molar-refractivity contribution in [3.05, 3.63) is 42.7 Å². The molecule has 0 saturated carbocycles. The van der Waals surface area contributed by atoms with Gasteiger partial charge in [-0.05, 0) is 50.0 Å². The van der Waals surface area contributed by atoms with E-state index in [0.29, 0.717) is 17.4 Å². The maximum atomic E-state index is 12.7. The second-order valence-electron chi connectivity index (χ2n) is 6.75. The van der Waals surface area contributed by atoms with Gasteiger partial charge in [0.25, 0.3) is 5.91 Å². The van der Waals surface area contributed by atoms with Crippen LogP contribution in [-0.4, -0.2) is 55.9 Å². The Morgan fingerprint density at radius 3 is 2.90 bits per heavy atom. The van der Waals surface area contributed by atoms with Crippen LogP contribution in [0.3, 0.4) is 0 Å². The molecule has 1 amide bonds. The lowest BCUT2D eigenvalue weighted by Gasteiger charge is -2.22. The number of rotatable bonds is 6. The van der Waals surface area contributed by atoms with Gasteiger partial charge in [0.1, 0.15) is 18.4 Å². The molecule has 0 bridgehead atoms. The summed E-state index contributed by atoms with van der Waals surface area (Å²) in [5, 5.41) is 21.9. The molecule has 2 aromatic heterocycles. The Hall–Kier alpha value is -2.98. The maximum absolute atomic E-state index is 12.7. The van der Waals surface area contributed by atoms with Gasteiger partial charge in [0.05, 0.1) is 24.7 Å². The minimum absolute atomic E-state index is 0. The highest BCUT2D eigenvalue weighted by Crippen LogP contribution is 2.27. The molecular formula is C18H23ClN8O2. The SMILES string of the molecule is COc1ccc(-n2cnnc2)cc1NC(=O)c1cn(CC2CCCNC2)nn1.Cl. The number of anilines is 1. The molecule has 3 heterocycles. The Balaban J connectivity index is 0.00000240. The van der Waals surface area contributed by atoms with Crippen LogP contribution in [0.1, 0.15) is 23.3 Å². The van der Waals surface area contributed by atoms with Crippen LogP contribution in [0.15, 0.2) is 37.1 Å². The number of benzene rings is 1. The van der Waals surface area contributed by atoms with Crippen LogP contribution >= 0.6 is 12.4 Å². The molecular weight excluding hydrogens is 396 g/mol. The first kappa shape index (κ1) is 20.7. The normalized spacial score (nSPS) is 16.1. The van der Waals surface area contributed by atoms with E-state index in [1.54, 1.807) is 47.3 Å². The lowest BCUT2D eigenvalue weighted by Crippen LogP contribution is -2.32. The highest BCUT2D eigenvalue weighted by atomic mass is 35.5. The molecule has 0 radical (unpaired) electrons. The fourth-order valence-corrected chi connectivity index (χ4v) is 3.31. The van der Waals surface area contributed by atoms with Crippen LogP contribution in [-0.2, 0) is 6.54 Å². The van der Waals surface area contributed by atoms with E-state index in [9.17, 15) is 4.79 Å². The van der Waals surface area contributed by atoms with Crippen molar-refractivity contribution in [3.8, 4) is 11.4 Å². The van der Waals surface area contributed by atoms with Gasteiger partial charge in [-0.15, -0.1) is 27.7 Å². The number of hydrogen-bond acceptors (Lipinski definition) is 7. The van der Waals surface area contributed by atoms with Crippen LogP contribution in [0.25, 0.3) is 5.69 Å². The molecule has 1 saturated heterocycles. The second-order valence-corrected chi connectivity index (χ2v) is 6.75. The van der Waals surface area contributed by atoms with Crippen molar-refractivity contribution in [2.24, 2.45) is 5.92 Å². The molecule has 1 aromatic carbocycles. The largest absolute Gasteiger partial charge is 0.495 e. The molecule has 1 atom stereocenters. The minimum atomic E-state index is -0.341. The summed E-state index contributed by atoms with van der Waals surface area (Å²) in [6, 6.07) is 5.42. The summed E-state index contributed by atoms with van der Waals surface area (Å²) in [7, 11) is 1.55. The lowest BCUT2D eigenvalue weighted by atomic mass is 10.00. The van der Waals surface area contributed by atoms with Crippen molar-refractivity contribution in [2.45, 2.75) is 19.4 Å². The molecule has 11 heteroatoms. The molecule has 1 fully saturated rings. The van der Waals surface area contributed by atoms with E-state index in [1.165, 1.54) is 0 Å². The standard InChI is InChI=1S/C18H22N8O2.ClH/c1-28-17-5-4-14(25-11-20-21-12-25)7-15(17)22-18(27)16-10-26(24-23-16)9-13-3-2-6-19-8-13;/h4-5,7,10-13,19H,2-3,6,8-9H2,1H3,(H,22,27);1H. The number of aromatic nitrogens is 6. The zero-order valence-corrected chi connectivity index (χ0v) is 16.8. The molecule has 4 rings (SSSR count). The van der Waals surface area contributed by atoms with Gasteiger partial charge in [-0.2, -0.15) is 0 Å². The van der Waals surface area contributed by atoms with Crippen LogP contribution < -0.4 is 15.4 Å². The molecule has 0 spiro atoms. The van der Waals surface area contributed by atoms with Crippen molar-refractivity contribution >= 4 is 24.0 Å². The van der Waals surface area contributed by atoms with Gasteiger partial charge in [-0.3, -0.25) is 14.0 Å². The third-order valence-electron chi connectivity index (χ3n) is 4.76. The summed E-state index contributed by atoms with van der Waals surface area (Å²) in [4.78, 5) is 12.7. The summed E-state index contributed by atoms with van der Waals surface area (Å²) in [5.74, 6) is 0.713. The Labute approximate surface area is 174 Å². The van der Waals surface area contributed by atoms with Crippen molar-refractivity contribution < 1.29 is 9.53 Å². The summed E-state index contributed by atoms with van der Waals surface area (Å²) in [6.45, 7) is 2.78. The molecule has 2 N–H and O–H groups in total. The first-order valence-corrected chi connectivity index (χ1v) is 9.18. The Morgan fingerprint density at radius 2 is 2.17 bits per heavy atom. The summed E-state index contributed by atoms with van der Waals surface area (Å²) < 4.78 is 8.83. The van der Waals surface area contributed by atoms with Gasteiger partial charge in [0.2, 0.25) is 0 Å². The van der Waals surface area contributed by atoms with E-state index in [1.807, 2.05) is 6.07 Å². The Bertz CT molecular complexity index is 937. The van der Waals surface area contributed by atoms with Gasteiger partial charge >= 0.3 is 0 Å². The average molecular weight is 419 g/mol. The Kier molecular flexibility index (Phi) is 6.78.